The van der Waals surface area contributed by atoms with Crippen molar-refractivity contribution in [2.75, 3.05) is 5.75 Å². The van der Waals surface area contributed by atoms with Crippen LogP contribution in [0.25, 0.3) is 0 Å². The Hall–Kier alpha value is -1.07. The number of nitro groups is 1. The van der Waals surface area contributed by atoms with Gasteiger partial charge in [-0.2, -0.15) is 11.8 Å². The topological polar surface area (TPSA) is 55.2 Å². The Labute approximate surface area is 124 Å². The second-order valence-corrected chi connectivity index (χ2v) is 6.79. The lowest BCUT2D eigenvalue weighted by molar-refractivity contribution is -0.384. The van der Waals surface area contributed by atoms with Crippen molar-refractivity contribution in [1.29, 1.82) is 0 Å². The molecule has 1 saturated carbocycles. The van der Waals surface area contributed by atoms with E-state index in [1.807, 2.05) is 17.8 Å². The van der Waals surface area contributed by atoms with E-state index in [1.54, 1.807) is 18.2 Å². The summed E-state index contributed by atoms with van der Waals surface area (Å²) in [5.41, 5.74) is 1.16. The highest BCUT2D eigenvalue weighted by atomic mass is 32.2. The third-order valence-electron chi connectivity index (χ3n) is 3.88. The molecule has 0 heterocycles. The molecular formula is C15H22N2O2S. The first-order chi connectivity index (χ1) is 9.61. The van der Waals surface area contributed by atoms with E-state index in [0.29, 0.717) is 11.3 Å². The van der Waals surface area contributed by atoms with Crippen LogP contribution in [0.3, 0.4) is 0 Å². The molecule has 1 aromatic carbocycles. The van der Waals surface area contributed by atoms with Crippen molar-refractivity contribution in [1.82, 2.24) is 5.32 Å². The number of benzene rings is 1. The van der Waals surface area contributed by atoms with Crippen LogP contribution in [-0.4, -0.2) is 22.0 Å². The molecule has 1 aliphatic rings. The van der Waals surface area contributed by atoms with Crippen LogP contribution in [-0.2, 0) is 0 Å². The Balaban J connectivity index is 2.02. The zero-order valence-corrected chi connectivity index (χ0v) is 12.9. The predicted octanol–water partition coefficient (Wildman–Crippen LogP) is 3.92. The molecule has 110 valence electrons. The van der Waals surface area contributed by atoms with E-state index in [9.17, 15) is 10.1 Å². The van der Waals surface area contributed by atoms with Crippen LogP contribution in [0, 0.1) is 10.1 Å². The van der Waals surface area contributed by atoms with Crippen molar-refractivity contribution in [3.05, 3.63) is 39.9 Å². The lowest BCUT2D eigenvalue weighted by Crippen LogP contribution is -2.36. The van der Waals surface area contributed by atoms with Crippen LogP contribution in [0.2, 0.25) is 0 Å². The predicted molar refractivity (Wildman–Crippen MR) is 84.2 cm³/mol. The largest absolute Gasteiger partial charge is 0.306 e. The minimum atomic E-state index is -0.332. The van der Waals surface area contributed by atoms with Gasteiger partial charge in [-0.05, 0) is 31.1 Å². The van der Waals surface area contributed by atoms with Gasteiger partial charge in [0.2, 0.25) is 0 Å². The van der Waals surface area contributed by atoms with Gasteiger partial charge in [0, 0.05) is 29.5 Å². The first-order valence-corrected chi connectivity index (χ1v) is 8.28. The highest BCUT2D eigenvalue weighted by Gasteiger charge is 2.28. The average molecular weight is 294 g/mol. The highest BCUT2D eigenvalue weighted by molar-refractivity contribution is 7.99. The van der Waals surface area contributed by atoms with E-state index in [-0.39, 0.29) is 16.7 Å². The Morgan fingerprint density at radius 3 is 3.00 bits per heavy atom. The third kappa shape index (κ3) is 3.73. The molecule has 5 heteroatoms. The second kappa shape index (κ2) is 7.09. The number of hydrogen-bond acceptors (Lipinski definition) is 4. The molecule has 0 amide bonds. The normalized spacial score (nSPS) is 23.7. The number of non-ortho nitro benzene ring substituents is 1. The Morgan fingerprint density at radius 2 is 2.30 bits per heavy atom. The molecule has 0 radical (unpaired) electrons. The number of thioether (sulfide) groups is 1. The molecule has 1 fully saturated rings. The zero-order valence-electron chi connectivity index (χ0n) is 12.0. The molecule has 0 spiro atoms. The first kappa shape index (κ1) is 15.3. The number of nitrogens with zero attached hydrogens (tertiary/aromatic N) is 1. The fourth-order valence-corrected chi connectivity index (χ4v) is 4.06. The molecule has 0 aromatic heterocycles. The maximum Gasteiger partial charge on any atom is 0.269 e. The second-order valence-electron chi connectivity index (χ2n) is 5.27. The number of hydrogen-bond donors (Lipinski definition) is 1. The molecule has 3 unspecified atom stereocenters. The van der Waals surface area contributed by atoms with Crippen LogP contribution in [0.4, 0.5) is 5.69 Å². The van der Waals surface area contributed by atoms with E-state index in [2.05, 4.69) is 19.2 Å². The number of nitro benzene ring substituents is 1. The lowest BCUT2D eigenvalue weighted by Gasteiger charge is -2.24. The minimum absolute atomic E-state index is 0.151. The van der Waals surface area contributed by atoms with Gasteiger partial charge in [-0.15, -0.1) is 0 Å². The van der Waals surface area contributed by atoms with Gasteiger partial charge >= 0.3 is 0 Å². The van der Waals surface area contributed by atoms with Crippen LogP contribution in [0.15, 0.2) is 24.3 Å². The van der Waals surface area contributed by atoms with Crippen molar-refractivity contribution in [3.63, 3.8) is 0 Å². The summed E-state index contributed by atoms with van der Waals surface area (Å²) >= 11 is 2.02. The van der Waals surface area contributed by atoms with Gasteiger partial charge in [0.1, 0.15) is 0 Å². The first-order valence-electron chi connectivity index (χ1n) is 7.23. The number of rotatable bonds is 6. The SMILES string of the molecule is CCSC1CCCC1NC(C)c1cccc([N+](=O)[O-])c1. The van der Waals surface area contributed by atoms with Crippen molar-refractivity contribution in [2.24, 2.45) is 0 Å². The summed E-state index contributed by atoms with van der Waals surface area (Å²) < 4.78 is 0. The summed E-state index contributed by atoms with van der Waals surface area (Å²) in [5.74, 6) is 1.15. The van der Waals surface area contributed by atoms with Gasteiger partial charge in [-0.1, -0.05) is 25.5 Å². The van der Waals surface area contributed by atoms with E-state index < -0.39 is 0 Å². The molecule has 4 nitrogen and oxygen atoms in total. The monoisotopic (exact) mass is 294 g/mol. The Kier molecular flexibility index (Phi) is 5.43. The molecule has 20 heavy (non-hydrogen) atoms. The molecule has 3 atom stereocenters. The van der Waals surface area contributed by atoms with Gasteiger partial charge in [0.15, 0.2) is 0 Å². The maximum atomic E-state index is 10.8. The summed E-state index contributed by atoms with van der Waals surface area (Å²) in [4.78, 5) is 10.5. The molecular weight excluding hydrogens is 272 g/mol. The lowest BCUT2D eigenvalue weighted by atomic mass is 10.1. The van der Waals surface area contributed by atoms with Gasteiger partial charge in [0.05, 0.1) is 4.92 Å². The summed E-state index contributed by atoms with van der Waals surface area (Å²) in [7, 11) is 0. The molecule has 2 rings (SSSR count). The summed E-state index contributed by atoms with van der Waals surface area (Å²) in [6.07, 6.45) is 3.76. The van der Waals surface area contributed by atoms with Crippen LogP contribution in [0.5, 0.6) is 0 Å². The Bertz CT molecular complexity index is 467. The number of nitrogens with one attached hydrogen (secondary N) is 1. The van der Waals surface area contributed by atoms with E-state index in [0.717, 1.165) is 11.3 Å². The van der Waals surface area contributed by atoms with Gasteiger partial charge in [0.25, 0.3) is 5.69 Å². The van der Waals surface area contributed by atoms with Gasteiger partial charge in [-0.25, -0.2) is 0 Å². The van der Waals surface area contributed by atoms with Crippen molar-refractivity contribution in [2.45, 2.75) is 50.4 Å². The van der Waals surface area contributed by atoms with Crippen LogP contribution >= 0.6 is 11.8 Å². The molecule has 1 aromatic rings. The highest BCUT2D eigenvalue weighted by Crippen LogP contribution is 2.31. The third-order valence-corrected chi connectivity index (χ3v) is 5.20. The van der Waals surface area contributed by atoms with Crippen molar-refractivity contribution >= 4 is 17.4 Å². The zero-order chi connectivity index (χ0) is 14.5. The fraction of sp³-hybridized carbons (Fsp3) is 0.600. The van der Waals surface area contributed by atoms with E-state index >= 15 is 0 Å². The van der Waals surface area contributed by atoms with Crippen LogP contribution in [0.1, 0.15) is 44.7 Å². The smallest absolute Gasteiger partial charge is 0.269 e. The summed E-state index contributed by atoms with van der Waals surface area (Å²) in [5, 5.41) is 15.2. The Morgan fingerprint density at radius 1 is 1.50 bits per heavy atom. The van der Waals surface area contributed by atoms with Gasteiger partial charge < -0.3 is 5.32 Å². The van der Waals surface area contributed by atoms with Crippen molar-refractivity contribution in [3.8, 4) is 0 Å². The molecule has 1 aliphatic carbocycles. The summed E-state index contributed by atoms with van der Waals surface area (Å²) in [6.45, 7) is 4.29. The molecule has 0 aliphatic heterocycles. The van der Waals surface area contributed by atoms with Gasteiger partial charge in [-0.3, -0.25) is 10.1 Å². The average Bonchev–Trinajstić information content (AvgIpc) is 2.86. The summed E-state index contributed by atoms with van der Waals surface area (Å²) in [6, 6.07) is 7.61. The molecule has 0 saturated heterocycles. The minimum Gasteiger partial charge on any atom is -0.306 e. The molecule has 0 bridgehead atoms. The van der Waals surface area contributed by atoms with Crippen molar-refractivity contribution < 1.29 is 4.92 Å². The van der Waals surface area contributed by atoms with E-state index in [1.165, 1.54) is 19.3 Å². The van der Waals surface area contributed by atoms with Crippen LogP contribution < -0.4 is 5.32 Å². The standard InChI is InChI=1S/C15H22N2O2S/c1-3-20-15-9-5-8-14(15)16-11(2)12-6-4-7-13(10-12)17(18)19/h4,6-7,10-11,14-16H,3,5,8-9H2,1-2H3. The molecule has 1 N–H and O–H groups in total. The van der Waals surface area contributed by atoms with E-state index in [4.69, 9.17) is 0 Å². The quantitative estimate of drug-likeness (QED) is 0.638. The maximum absolute atomic E-state index is 10.8. The fourth-order valence-electron chi connectivity index (χ4n) is 2.86.